The SMILES string of the molecule is CCOc1cccnc1Sc1nc2ccc(N)cc2o1. The molecule has 0 radical (unpaired) electrons. The standard InChI is InChI=1S/C14H13N3O2S/c1-2-18-11-4-3-7-16-13(11)20-14-17-10-6-5-9(15)8-12(10)19-14/h3-8H,2,15H2,1H3. The molecule has 2 aromatic heterocycles. The third-order valence-corrected chi connectivity index (χ3v) is 3.46. The maximum absolute atomic E-state index is 5.72. The molecule has 0 saturated heterocycles. The van der Waals surface area contributed by atoms with Crippen molar-refractivity contribution in [2.75, 3.05) is 12.3 Å². The zero-order chi connectivity index (χ0) is 13.9. The molecule has 3 rings (SSSR count). The Balaban J connectivity index is 1.93. The van der Waals surface area contributed by atoms with Gasteiger partial charge in [-0.25, -0.2) is 9.97 Å². The van der Waals surface area contributed by atoms with Crippen LogP contribution in [0.1, 0.15) is 6.92 Å². The zero-order valence-electron chi connectivity index (χ0n) is 10.9. The van der Waals surface area contributed by atoms with E-state index in [0.29, 0.717) is 23.1 Å². The van der Waals surface area contributed by atoms with Gasteiger partial charge in [0.25, 0.3) is 5.22 Å². The number of rotatable bonds is 4. The molecule has 0 saturated carbocycles. The highest BCUT2D eigenvalue weighted by Crippen LogP contribution is 2.34. The van der Waals surface area contributed by atoms with Gasteiger partial charge in [0.1, 0.15) is 10.5 Å². The summed E-state index contributed by atoms with van der Waals surface area (Å²) in [6.45, 7) is 2.52. The van der Waals surface area contributed by atoms with Crippen molar-refractivity contribution in [3.63, 3.8) is 0 Å². The molecule has 5 nitrogen and oxygen atoms in total. The summed E-state index contributed by atoms with van der Waals surface area (Å²) in [6.07, 6.45) is 1.71. The number of pyridine rings is 1. The first-order valence-corrected chi connectivity index (χ1v) is 6.99. The van der Waals surface area contributed by atoms with E-state index in [4.69, 9.17) is 14.9 Å². The highest BCUT2D eigenvalue weighted by atomic mass is 32.2. The van der Waals surface area contributed by atoms with Gasteiger partial charge in [-0.3, -0.25) is 0 Å². The number of aromatic nitrogens is 2. The van der Waals surface area contributed by atoms with E-state index >= 15 is 0 Å². The number of oxazole rings is 1. The van der Waals surface area contributed by atoms with Crippen molar-refractivity contribution in [3.05, 3.63) is 36.5 Å². The van der Waals surface area contributed by atoms with Crippen LogP contribution in [0.15, 0.2) is 51.2 Å². The van der Waals surface area contributed by atoms with Gasteiger partial charge in [-0.15, -0.1) is 0 Å². The van der Waals surface area contributed by atoms with Crippen molar-refractivity contribution in [3.8, 4) is 5.75 Å². The molecule has 0 aliphatic heterocycles. The van der Waals surface area contributed by atoms with Crippen LogP contribution in [-0.4, -0.2) is 16.6 Å². The minimum absolute atomic E-state index is 0.519. The fourth-order valence-corrected chi connectivity index (χ4v) is 2.55. The predicted molar refractivity (Wildman–Crippen MR) is 78.0 cm³/mol. The predicted octanol–water partition coefficient (Wildman–Crippen LogP) is 3.35. The van der Waals surface area contributed by atoms with Crippen molar-refractivity contribution in [2.45, 2.75) is 17.2 Å². The van der Waals surface area contributed by atoms with Gasteiger partial charge in [-0.05, 0) is 43.0 Å². The van der Waals surface area contributed by atoms with Crippen LogP contribution in [0.3, 0.4) is 0 Å². The average molecular weight is 287 g/mol. The summed E-state index contributed by atoms with van der Waals surface area (Å²) in [5, 5.41) is 1.25. The molecule has 0 atom stereocenters. The zero-order valence-corrected chi connectivity index (χ0v) is 11.7. The van der Waals surface area contributed by atoms with Gasteiger partial charge in [0.2, 0.25) is 0 Å². The van der Waals surface area contributed by atoms with E-state index in [1.54, 1.807) is 18.3 Å². The number of nitrogens with zero attached hydrogens (tertiary/aromatic N) is 2. The summed E-state index contributed by atoms with van der Waals surface area (Å²) in [5.74, 6) is 0.724. The number of nitrogens with two attached hydrogens (primary N) is 1. The van der Waals surface area contributed by atoms with E-state index in [-0.39, 0.29) is 0 Å². The van der Waals surface area contributed by atoms with Crippen molar-refractivity contribution in [2.24, 2.45) is 0 Å². The maximum Gasteiger partial charge on any atom is 0.263 e. The average Bonchev–Trinajstić information content (AvgIpc) is 2.82. The molecular weight excluding hydrogens is 274 g/mol. The second-order valence-corrected chi connectivity index (χ2v) is 4.99. The molecule has 2 N–H and O–H groups in total. The highest BCUT2D eigenvalue weighted by molar-refractivity contribution is 7.99. The molecule has 2 heterocycles. The van der Waals surface area contributed by atoms with Crippen LogP contribution in [0.2, 0.25) is 0 Å². The van der Waals surface area contributed by atoms with Crippen LogP contribution in [0, 0.1) is 0 Å². The summed E-state index contributed by atoms with van der Waals surface area (Å²) in [4.78, 5) is 8.69. The molecule has 0 aliphatic rings. The van der Waals surface area contributed by atoms with Crippen molar-refractivity contribution in [1.29, 1.82) is 0 Å². The van der Waals surface area contributed by atoms with Crippen molar-refractivity contribution >= 4 is 28.5 Å². The Morgan fingerprint density at radius 2 is 2.25 bits per heavy atom. The van der Waals surface area contributed by atoms with Gasteiger partial charge in [0.05, 0.1) is 6.61 Å². The molecule has 0 bridgehead atoms. The number of ether oxygens (including phenoxy) is 1. The number of benzene rings is 1. The summed E-state index contributed by atoms with van der Waals surface area (Å²) in [5.41, 5.74) is 7.82. The minimum atomic E-state index is 0.519. The lowest BCUT2D eigenvalue weighted by Gasteiger charge is -2.05. The molecule has 0 amide bonds. The largest absolute Gasteiger partial charge is 0.491 e. The first-order chi connectivity index (χ1) is 9.76. The lowest BCUT2D eigenvalue weighted by Crippen LogP contribution is -1.94. The van der Waals surface area contributed by atoms with Crippen LogP contribution in [0.25, 0.3) is 11.1 Å². The number of fused-ring (bicyclic) bond motifs is 1. The normalized spacial score (nSPS) is 10.8. The lowest BCUT2D eigenvalue weighted by atomic mass is 10.3. The van der Waals surface area contributed by atoms with Gasteiger partial charge < -0.3 is 14.9 Å². The molecule has 6 heteroatoms. The monoisotopic (exact) mass is 287 g/mol. The van der Waals surface area contributed by atoms with E-state index in [2.05, 4.69) is 9.97 Å². The van der Waals surface area contributed by atoms with Gasteiger partial charge >= 0.3 is 0 Å². The Kier molecular flexibility index (Phi) is 3.47. The fraction of sp³-hybridized carbons (Fsp3) is 0.143. The molecule has 102 valence electrons. The minimum Gasteiger partial charge on any atom is -0.491 e. The number of hydrogen-bond acceptors (Lipinski definition) is 6. The van der Waals surface area contributed by atoms with Crippen LogP contribution < -0.4 is 10.5 Å². The molecule has 3 aromatic rings. The summed E-state index contributed by atoms with van der Waals surface area (Å²) in [6, 6.07) is 9.10. The summed E-state index contributed by atoms with van der Waals surface area (Å²) in [7, 11) is 0. The quantitative estimate of drug-likeness (QED) is 0.742. The Morgan fingerprint density at radius 1 is 1.35 bits per heavy atom. The van der Waals surface area contributed by atoms with Gasteiger partial charge in [-0.1, -0.05) is 0 Å². The Hall–Kier alpha value is -2.21. The second kappa shape index (κ2) is 5.42. The van der Waals surface area contributed by atoms with E-state index in [0.717, 1.165) is 16.3 Å². The number of hydrogen-bond donors (Lipinski definition) is 1. The first-order valence-electron chi connectivity index (χ1n) is 6.18. The molecule has 1 aromatic carbocycles. The Morgan fingerprint density at radius 3 is 3.10 bits per heavy atom. The lowest BCUT2D eigenvalue weighted by molar-refractivity contribution is 0.329. The highest BCUT2D eigenvalue weighted by Gasteiger charge is 2.12. The molecule has 0 spiro atoms. The topological polar surface area (TPSA) is 74.2 Å². The summed E-state index contributed by atoms with van der Waals surface area (Å²) >= 11 is 1.33. The van der Waals surface area contributed by atoms with E-state index in [1.165, 1.54) is 11.8 Å². The maximum atomic E-state index is 5.72. The fourth-order valence-electron chi connectivity index (χ4n) is 1.76. The van der Waals surface area contributed by atoms with Crippen LogP contribution in [-0.2, 0) is 0 Å². The van der Waals surface area contributed by atoms with E-state index < -0.39 is 0 Å². The van der Waals surface area contributed by atoms with Crippen LogP contribution in [0.5, 0.6) is 5.75 Å². The third kappa shape index (κ3) is 2.55. The third-order valence-electron chi connectivity index (χ3n) is 2.61. The van der Waals surface area contributed by atoms with Crippen LogP contribution >= 0.6 is 11.8 Å². The first kappa shape index (κ1) is 12.8. The summed E-state index contributed by atoms with van der Waals surface area (Å²) < 4.78 is 11.2. The Bertz CT molecular complexity index is 742. The molecular formula is C14H13N3O2S. The van der Waals surface area contributed by atoms with Crippen molar-refractivity contribution in [1.82, 2.24) is 9.97 Å². The smallest absolute Gasteiger partial charge is 0.263 e. The van der Waals surface area contributed by atoms with E-state index in [9.17, 15) is 0 Å². The van der Waals surface area contributed by atoms with E-state index in [1.807, 2.05) is 25.1 Å². The van der Waals surface area contributed by atoms with Gasteiger partial charge in [0.15, 0.2) is 11.3 Å². The molecule has 0 aliphatic carbocycles. The van der Waals surface area contributed by atoms with Gasteiger partial charge in [-0.2, -0.15) is 0 Å². The molecule has 20 heavy (non-hydrogen) atoms. The van der Waals surface area contributed by atoms with Gasteiger partial charge in [0, 0.05) is 18.0 Å². The molecule has 0 fully saturated rings. The van der Waals surface area contributed by atoms with Crippen LogP contribution in [0.4, 0.5) is 5.69 Å². The van der Waals surface area contributed by atoms with Crippen molar-refractivity contribution < 1.29 is 9.15 Å². The number of nitrogen functional groups attached to an aromatic ring is 1. The number of anilines is 1. The Labute approximate surface area is 120 Å². The second-order valence-electron chi connectivity index (χ2n) is 4.05. The molecule has 0 unspecified atom stereocenters.